The number of ether oxygens (including phenoxy) is 2. The van der Waals surface area contributed by atoms with E-state index < -0.39 is 0 Å². The lowest BCUT2D eigenvalue weighted by Gasteiger charge is -2.05. The Morgan fingerprint density at radius 3 is 2.93 bits per heavy atom. The van der Waals surface area contributed by atoms with Crippen molar-refractivity contribution in [2.75, 3.05) is 13.7 Å². The van der Waals surface area contributed by atoms with Gasteiger partial charge in [0.05, 0.1) is 25.4 Å². The van der Waals surface area contributed by atoms with E-state index in [0.29, 0.717) is 11.7 Å². The third-order valence-electron chi connectivity index (χ3n) is 2.27. The highest BCUT2D eigenvalue weighted by Gasteiger charge is 2.24. The highest BCUT2D eigenvalue weighted by molar-refractivity contribution is 5.91. The van der Waals surface area contributed by atoms with Crippen LogP contribution in [0.25, 0.3) is 0 Å². The van der Waals surface area contributed by atoms with Crippen molar-refractivity contribution in [1.29, 1.82) is 0 Å². The first-order valence-corrected chi connectivity index (χ1v) is 4.59. The van der Waals surface area contributed by atoms with Crippen molar-refractivity contribution in [2.45, 2.75) is 12.5 Å². The SMILES string of the molecule is COC(=O)c1ccccc1CC1CO1. The van der Waals surface area contributed by atoms with Crippen LogP contribution in [0.2, 0.25) is 0 Å². The van der Waals surface area contributed by atoms with Crippen LogP contribution in [0.3, 0.4) is 0 Å². The predicted octanol–water partition coefficient (Wildman–Crippen LogP) is 1.41. The van der Waals surface area contributed by atoms with Crippen LogP contribution < -0.4 is 0 Å². The molecule has 1 fully saturated rings. The zero-order valence-corrected chi connectivity index (χ0v) is 8.03. The Hall–Kier alpha value is -1.35. The summed E-state index contributed by atoms with van der Waals surface area (Å²) in [6.45, 7) is 0.801. The lowest BCUT2D eigenvalue weighted by Crippen LogP contribution is -2.07. The molecule has 1 aliphatic heterocycles. The van der Waals surface area contributed by atoms with Gasteiger partial charge < -0.3 is 9.47 Å². The molecule has 0 aliphatic carbocycles. The molecule has 0 bridgehead atoms. The Balaban J connectivity index is 2.22. The molecule has 0 radical (unpaired) electrons. The Morgan fingerprint density at radius 1 is 1.57 bits per heavy atom. The van der Waals surface area contributed by atoms with Crippen LogP contribution in [0.15, 0.2) is 24.3 Å². The van der Waals surface area contributed by atoms with E-state index >= 15 is 0 Å². The van der Waals surface area contributed by atoms with Crippen LogP contribution >= 0.6 is 0 Å². The van der Waals surface area contributed by atoms with E-state index in [1.165, 1.54) is 7.11 Å². The second-order valence-corrected chi connectivity index (χ2v) is 3.31. The van der Waals surface area contributed by atoms with Crippen molar-refractivity contribution in [2.24, 2.45) is 0 Å². The van der Waals surface area contributed by atoms with E-state index in [2.05, 4.69) is 0 Å². The monoisotopic (exact) mass is 192 g/mol. The summed E-state index contributed by atoms with van der Waals surface area (Å²) in [6, 6.07) is 7.48. The molecule has 0 aromatic heterocycles. The topological polar surface area (TPSA) is 38.8 Å². The van der Waals surface area contributed by atoms with Crippen molar-refractivity contribution >= 4 is 5.97 Å². The largest absolute Gasteiger partial charge is 0.465 e. The molecule has 3 nitrogen and oxygen atoms in total. The molecule has 2 rings (SSSR count). The molecule has 1 heterocycles. The third-order valence-corrected chi connectivity index (χ3v) is 2.27. The highest BCUT2D eigenvalue weighted by atomic mass is 16.6. The van der Waals surface area contributed by atoms with Crippen LogP contribution in [0.5, 0.6) is 0 Å². The number of rotatable bonds is 3. The zero-order chi connectivity index (χ0) is 9.97. The van der Waals surface area contributed by atoms with Gasteiger partial charge >= 0.3 is 5.97 Å². The minimum Gasteiger partial charge on any atom is -0.465 e. The average Bonchev–Trinajstić information content (AvgIpc) is 3.01. The fraction of sp³-hybridized carbons (Fsp3) is 0.364. The van der Waals surface area contributed by atoms with Gasteiger partial charge in [0, 0.05) is 6.42 Å². The molecule has 1 atom stereocenters. The van der Waals surface area contributed by atoms with Crippen LogP contribution in [-0.4, -0.2) is 25.8 Å². The summed E-state index contributed by atoms with van der Waals surface area (Å²) < 4.78 is 9.83. The molecule has 1 aliphatic rings. The molecule has 1 unspecified atom stereocenters. The number of hydrogen-bond donors (Lipinski definition) is 0. The molecule has 14 heavy (non-hydrogen) atoms. The molecule has 74 valence electrons. The van der Waals surface area contributed by atoms with E-state index in [4.69, 9.17) is 9.47 Å². The Morgan fingerprint density at radius 2 is 2.29 bits per heavy atom. The first-order valence-electron chi connectivity index (χ1n) is 4.59. The van der Waals surface area contributed by atoms with E-state index in [1.54, 1.807) is 6.07 Å². The van der Waals surface area contributed by atoms with Gasteiger partial charge in [-0.2, -0.15) is 0 Å². The summed E-state index contributed by atoms with van der Waals surface area (Å²) in [4.78, 5) is 11.4. The molecule has 1 saturated heterocycles. The van der Waals surface area contributed by atoms with Gasteiger partial charge in [-0.3, -0.25) is 0 Å². The number of methoxy groups -OCH3 is 1. The second kappa shape index (κ2) is 3.80. The van der Waals surface area contributed by atoms with Crippen LogP contribution in [-0.2, 0) is 15.9 Å². The third kappa shape index (κ3) is 1.93. The maximum Gasteiger partial charge on any atom is 0.338 e. The van der Waals surface area contributed by atoms with Gasteiger partial charge in [-0.25, -0.2) is 4.79 Å². The molecular formula is C11H12O3. The summed E-state index contributed by atoms with van der Waals surface area (Å²) in [5.41, 5.74) is 1.65. The Labute approximate surface area is 82.6 Å². The second-order valence-electron chi connectivity index (χ2n) is 3.31. The summed E-state index contributed by atoms with van der Waals surface area (Å²) >= 11 is 0. The molecule has 1 aromatic rings. The van der Waals surface area contributed by atoms with Crippen molar-refractivity contribution in [3.63, 3.8) is 0 Å². The van der Waals surface area contributed by atoms with Crippen LogP contribution in [0, 0.1) is 0 Å². The van der Waals surface area contributed by atoms with Gasteiger partial charge in [0.1, 0.15) is 0 Å². The van der Waals surface area contributed by atoms with Gasteiger partial charge in [-0.15, -0.1) is 0 Å². The van der Waals surface area contributed by atoms with Crippen molar-refractivity contribution in [3.8, 4) is 0 Å². The fourth-order valence-corrected chi connectivity index (χ4v) is 1.44. The van der Waals surface area contributed by atoms with Crippen molar-refractivity contribution in [1.82, 2.24) is 0 Å². The average molecular weight is 192 g/mol. The molecule has 1 aromatic carbocycles. The first-order chi connectivity index (χ1) is 6.81. The maximum absolute atomic E-state index is 11.4. The summed E-state index contributed by atoms with van der Waals surface area (Å²) in [7, 11) is 1.40. The maximum atomic E-state index is 11.4. The molecule has 0 saturated carbocycles. The number of carbonyl (C=O) groups is 1. The smallest absolute Gasteiger partial charge is 0.338 e. The van der Waals surface area contributed by atoms with E-state index in [1.807, 2.05) is 18.2 Å². The van der Waals surface area contributed by atoms with E-state index in [-0.39, 0.29) is 5.97 Å². The number of epoxide rings is 1. The van der Waals surface area contributed by atoms with E-state index in [9.17, 15) is 4.79 Å². The van der Waals surface area contributed by atoms with Crippen LogP contribution in [0.1, 0.15) is 15.9 Å². The Bertz CT molecular complexity index is 342. The van der Waals surface area contributed by atoms with Gasteiger partial charge in [0.25, 0.3) is 0 Å². The molecule has 0 N–H and O–H groups in total. The predicted molar refractivity (Wildman–Crippen MR) is 51.2 cm³/mol. The zero-order valence-electron chi connectivity index (χ0n) is 8.03. The van der Waals surface area contributed by atoms with Gasteiger partial charge in [-0.05, 0) is 11.6 Å². The molecule has 3 heteroatoms. The molecule has 0 spiro atoms. The molecular weight excluding hydrogens is 180 g/mol. The summed E-state index contributed by atoms with van der Waals surface area (Å²) in [5.74, 6) is -0.277. The minimum absolute atomic E-state index is 0.277. The normalized spacial score (nSPS) is 19.1. The number of esters is 1. The summed E-state index contributed by atoms with van der Waals surface area (Å²) in [5, 5.41) is 0. The molecule has 0 amide bonds. The quantitative estimate of drug-likeness (QED) is 0.537. The first kappa shape index (κ1) is 9.21. The lowest BCUT2D eigenvalue weighted by molar-refractivity contribution is 0.0599. The standard InChI is InChI=1S/C11H12O3/c1-13-11(12)10-5-3-2-4-8(10)6-9-7-14-9/h2-5,9H,6-7H2,1H3. The van der Waals surface area contributed by atoms with Crippen molar-refractivity contribution < 1.29 is 14.3 Å². The van der Waals surface area contributed by atoms with Gasteiger partial charge in [0.15, 0.2) is 0 Å². The fourth-order valence-electron chi connectivity index (χ4n) is 1.44. The van der Waals surface area contributed by atoms with E-state index in [0.717, 1.165) is 18.6 Å². The summed E-state index contributed by atoms with van der Waals surface area (Å²) in [6.07, 6.45) is 1.09. The number of carbonyl (C=O) groups excluding carboxylic acids is 1. The van der Waals surface area contributed by atoms with Crippen LogP contribution in [0.4, 0.5) is 0 Å². The Kier molecular flexibility index (Phi) is 2.50. The van der Waals surface area contributed by atoms with Gasteiger partial charge in [0.2, 0.25) is 0 Å². The lowest BCUT2D eigenvalue weighted by atomic mass is 10.0. The number of hydrogen-bond acceptors (Lipinski definition) is 3. The van der Waals surface area contributed by atoms with Crippen molar-refractivity contribution in [3.05, 3.63) is 35.4 Å². The number of benzene rings is 1. The van der Waals surface area contributed by atoms with Gasteiger partial charge in [-0.1, -0.05) is 18.2 Å². The minimum atomic E-state index is -0.277. The highest BCUT2D eigenvalue weighted by Crippen LogP contribution is 2.19.